The van der Waals surface area contributed by atoms with Crippen molar-refractivity contribution in [1.29, 1.82) is 5.26 Å². The minimum Gasteiger partial charge on any atom is -0.495 e. The summed E-state index contributed by atoms with van der Waals surface area (Å²) in [5, 5.41) is 16.5. The molecule has 1 aliphatic rings. The molecule has 0 aliphatic heterocycles. The van der Waals surface area contributed by atoms with Crippen molar-refractivity contribution in [3.63, 3.8) is 0 Å². The largest absolute Gasteiger partial charge is 0.495 e. The molecule has 1 aliphatic carbocycles. The molecule has 1 fully saturated rings. The molecule has 174 valence electrons. The van der Waals surface area contributed by atoms with E-state index in [9.17, 15) is 18.5 Å². The van der Waals surface area contributed by atoms with Crippen molar-refractivity contribution in [2.45, 2.75) is 43.0 Å². The van der Waals surface area contributed by atoms with Gasteiger partial charge in [0.2, 0.25) is 5.71 Å². The number of nitrogens with one attached hydrogen (secondary N) is 3. The van der Waals surface area contributed by atoms with E-state index in [-0.39, 0.29) is 28.1 Å². The summed E-state index contributed by atoms with van der Waals surface area (Å²) >= 11 is 5.85. The third-order valence-electron chi connectivity index (χ3n) is 5.11. The van der Waals surface area contributed by atoms with Crippen LogP contribution in [0.3, 0.4) is 0 Å². The number of nitriles is 1. The Kier molecular flexibility index (Phi) is 8.14. The molecule has 11 heteroatoms. The van der Waals surface area contributed by atoms with Crippen molar-refractivity contribution < 1.29 is 17.9 Å². The molecule has 0 unspecified atom stereocenters. The fourth-order valence-electron chi connectivity index (χ4n) is 3.43. The molecule has 0 heterocycles. The van der Waals surface area contributed by atoms with E-state index >= 15 is 0 Å². The summed E-state index contributed by atoms with van der Waals surface area (Å²) in [6.45, 7) is 0. The molecule has 3 rings (SSSR count). The zero-order chi connectivity index (χ0) is 23.8. The summed E-state index contributed by atoms with van der Waals surface area (Å²) in [4.78, 5) is 12.2. The molecule has 1 saturated carbocycles. The molecule has 0 radical (unpaired) electrons. The number of hydrogen-bond acceptors (Lipinski definition) is 7. The Morgan fingerprint density at radius 3 is 2.42 bits per heavy atom. The van der Waals surface area contributed by atoms with E-state index in [1.54, 1.807) is 18.2 Å². The van der Waals surface area contributed by atoms with Gasteiger partial charge < -0.3 is 10.1 Å². The van der Waals surface area contributed by atoms with Crippen molar-refractivity contribution in [2.75, 3.05) is 17.3 Å². The number of hydrogen-bond donors (Lipinski definition) is 3. The highest BCUT2D eigenvalue weighted by atomic mass is 35.5. The first-order chi connectivity index (χ1) is 15.8. The minimum absolute atomic E-state index is 0.0291. The molecule has 1 amide bonds. The molecule has 0 aromatic heterocycles. The number of sulfonamides is 1. The Morgan fingerprint density at radius 1 is 1.12 bits per heavy atom. The van der Waals surface area contributed by atoms with E-state index in [0.29, 0.717) is 10.7 Å². The third kappa shape index (κ3) is 6.60. The number of rotatable bonds is 8. The first-order valence-electron chi connectivity index (χ1n) is 10.3. The van der Waals surface area contributed by atoms with Crippen LogP contribution in [0.25, 0.3) is 0 Å². The molecule has 0 atom stereocenters. The van der Waals surface area contributed by atoms with Gasteiger partial charge in [-0.15, -0.1) is 0 Å². The highest BCUT2D eigenvalue weighted by Gasteiger charge is 2.22. The van der Waals surface area contributed by atoms with Gasteiger partial charge in [0.15, 0.2) is 0 Å². The summed E-state index contributed by atoms with van der Waals surface area (Å²) in [6.07, 6.45) is 4.96. The Balaban J connectivity index is 1.78. The second-order valence-corrected chi connectivity index (χ2v) is 9.56. The van der Waals surface area contributed by atoms with Gasteiger partial charge in [-0.1, -0.05) is 30.9 Å². The summed E-state index contributed by atoms with van der Waals surface area (Å²) in [5.41, 5.74) is 2.82. The monoisotopic (exact) mass is 489 g/mol. The summed E-state index contributed by atoms with van der Waals surface area (Å²) < 4.78 is 33.5. The van der Waals surface area contributed by atoms with Crippen LogP contribution in [-0.2, 0) is 14.8 Å². The topological polar surface area (TPSA) is 133 Å². The Morgan fingerprint density at radius 2 is 1.79 bits per heavy atom. The fourth-order valence-corrected chi connectivity index (χ4v) is 4.81. The lowest BCUT2D eigenvalue weighted by Crippen LogP contribution is -2.40. The first-order valence-corrected chi connectivity index (χ1v) is 12.2. The summed E-state index contributed by atoms with van der Waals surface area (Å²) in [6, 6.07) is 12.3. The summed E-state index contributed by atoms with van der Waals surface area (Å²) in [5.74, 6) is -0.454. The second-order valence-electron chi connectivity index (χ2n) is 7.47. The predicted octanol–water partition coefficient (Wildman–Crippen LogP) is 3.89. The van der Waals surface area contributed by atoms with Crippen LogP contribution in [-0.4, -0.2) is 33.2 Å². The number of benzene rings is 2. The van der Waals surface area contributed by atoms with Gasteiger partial charge in [-0.2, -0.15) is 10.4 Å². The summed E-state index contributed by atoms with van der Waals surface area (Å²) in [7, 11) is -2.67. The maximum absolute atomic E-state index is 12.9. The zero-order valence-corrected chi connectivity index (χ0v) is 19.5. The van der Waals surface area contributed by atoms with E-state index in [1.807, 2.05) is 0 Å². The number of halogens is 1. The normalized spacial score (nSPS) is 14.8. The smallest absolute Gasteiger partial charge is 0.282 e. The number of methoxy groups -OCH3 is 1. The molecule has 33 heavy (non-hydrogen) atoms. The third-order valence-corrected chi connectivity index (χ3v) is 6.76. The van der Waals surface area contributed by atoms with Crippen LogP contribution < -0.4 is 20.2 Å². The standard InChI is InChI=1S/C22H24ClN5O4S/c1-32-20-12-11-18(13-21(20)33(30,31)28-17-9-7-15(23)8-10-17)26-27-19(14-24)22(29)25-16-5-3-2-4-6-16/h7-13,16,26,28H,2-6H2,1H3,(H,25,29)/b27-19+. The number of nitrogens with zero attached hydrogens (tertiary/aromatic N) is 2. The van der Waals surface area contributed by atoms with Gasteiger partial charge >= 0.3 is 0 Å². The molecular formula is C22H24ClN5O4S. The van der Waals surface area contributed by atoms with Crippen molar-refractivity contribution >= 4 is 44.6 Å². The zero-order valence-electron chi connectivity index (χ0n) is 18.0. The van der Waals surface area contributed by atoms with Crippen LogP contribution in [0.1, 0.15) is 32.1 Å². The number of anilines is 2. The van der Waals surface area contributed by atoms with Crippen molar-refractivity contribution in [1.82, 2.24) is 5.32 Å². The lowest BCUT2D eigenvalue weighted by atomic mass is 9.95. The molecule has 3 N–H and O–H groups in total. The van der Waals surface area contributed by atoms with Crippen LogP contribution in [0.4, 0.5) is 11.4 Å². The van der Waals surface area contributed by atoms with Crippen LogP contribution in [0.5, 0.6) is 5.75 Å². The van der Waals surface area contributed by atoms with Crippen LogP contribution >= 0.6 is 11.6 Å². The van der Waals surface area contributed by atoms with Crippen LogP contribution in [0, 0.1) is 11.3 Å². The van der Waals surface area contributed by atoms with Gasteiger partial charge in [0, 0.05) is 16.8 Å². The van der Waals surface area contributed by atoms with Gasteiger partial charge in [0.25, 0.3) is 15.9 Å². The van der Waals surface area contributed by atoms with E-state index in [2.05, 4.69) is 20.6 Å². The highest BCUT2D eigenvalue weighted by Crippen LogP contribution is 2.29. The van der Waals surface area contributed by atoms with Gasteiger partial charge in [-0.3, -0.25) is 14.9 Å². The quantitative estimate of drug-likeness (QED) is 0.380. The van der Waals surface area contributed by atoms with Crippen molar-refractivity contribution in [2.24, 2.45) is 5.10 Å². The van der Waals surface area contributed by atoms with E-state index in [1.165, 1.54) is 37.4 Å². The minimum atomic E-state index is -4.02. The van der Waals surface area contributed by atoms with Gasteiger partial charge in [-0.05, 0) is 55.3 Å². The van der Waals surface area contributed by atoms with Crippen LogP contribution in [0.15, 0.2) is 52.5 Å². The number of ether oxygens (including phenoxy) is 1. The maximum Gasteiger partial charge on any atom is 0.282 e. The fraction of sp³-hybridized carbons (Fsp3) is 0.318. The average molecular weight is 490 g/mol. The number of carbonyl (C=O) groups excluding carboxylic acids is 1. The lowest BCUT2D eigenvalue weighted by molar-refractivity contribution is -0.115. The average Bonchev–Trinajstić information content (AvgIpc) is 2.81. The molecule has 0 bridgehead atoms. The molecule has 0 saturated heterocycles. The van der Waals surface area contributed by atoms with Gasteiger partial charge in [0.05, 0.1) is 12.8 Å². The van der Waals surface area contributed by atoms with Gasteiger partial charge in [-0.25, -0.2) is 8.42 Å². The Hall–Kier alpha value is -3.29. The Labute approximate surface area is 197 Å². The van der Waals surface area contributed by atoms with Crippen molar-refractivity contribution in [3.05, 3.63) is 47.5 Å². The first kappa shape index (κ1) is 24.4. The van der Waals surface area contributed by atoms with E-state index in [0.717, 1.165) is 32.1 Å². The molecular weight excluding hydrogens is 466 g/mol. The predicted molar refractivity (Wildman–Crippen MR) is 127 cm³/mol. The van der Waals surface area contributed by atoms with E-state index in [4.69, 9.17) is 16.3 Å². The molecule has 2 aromatic carbocycles. The number of amides is 1. The van der Waals surface area contributed by atoms with Crippen molar-refractivity contribution in [3.8, 4) is 11.8 Å². The van der Waals surface area contributed by atoms with E-state index < -0.39 is 15.9 Å². The highest BCUT2D eigenvalue weighted by molar-refractivity contribution is 7.92. The second kappa shape index (κ2) is 11.0. The van der Waals surface area contributed by atoms with Gasteiger partial charge in [0.1, 0.15) is 16.7 Å². The molecule has 0 spiro atoms. The SMILES string of the molecule is COc1ccc(N/N=C(\C#N)C(=O)NC2CCCCC2)cc1S(=O)(=O)Nc1ccc(Cl)cc1. The number of carbonyl (C=O) groups is 1. The number of hydrazone groups is 1. The lowest BCUT2D eigenvalue weighted by Gasteiger charge is -2.22. The molecule has 2 aromatic rings. The molecule has 9 nitrogen and oxygen atoms in total. The maximum atomic E-state index is 12.9. The van der Waals surface area contributed by atoms with Crippen LogP contribution in [0.2, 0.25) is 5.02 Å². The Bertz CT molecular complexity index is 1170.